The van der Waals surface area contributed by atoms with Crippen molar-refractivity contribution in [3.8, 4) is 11.5 Å². The fourth-order valence-corrected chi connectivity index (χ4v) is 3.48. The maximum atomic E-state index is 6.00. The van der Waals surface area contributed by atoms with Crippen LogP contribution in [0.25, 0.3) is 32.8 Å². The van der Waals surface area contributed by atoms with E-state index in [4.69, 9.17) is 9.47 Å². The Kier molecular flexibility index (Phi) is 3.35. The van der Waals surface area contributed by atoms with Gasteiger partial charge in [-0.2, -0.15) is 0 Å². The number of methoxy groups -OCH3 is 1. The molecular weight excluding hydrogens is 324 g/mol. The lowest BCUT2D eigenvalue weighted by atomic mass is 10.1. The normalized spacial score (nSPS) is 11.4. The SMILES string of the molecule is COc1ccc2c(c1)[nH]c1[nH]c3ccc(OCc4ccccc4)cc3c12. The molecule has 2 N–H and O–H groups in total. The Bertz CT molecular complexity index is 1220. The first-order valence-electron chi connectivity index (χ1n) is 8.60. The fraction of sp³-hybridized carbons (Fsp3) is 0.0909. The number of ether oxygens (including phenoxy) is 2. The fourth-order valence-electron chi connectivity index (χ4n) is 3.48. The Morgan fingerprint density at radius 2 is 1.58 bits per heavy atom. The molecule has 0 aliphatic carbocycles. The quantitative estimate of drug-likeness (QED) is 0.460. The predicted octanol–water partition coefficient (Wildman–Crippen LogP) is 5.39. The summed E-state index contributed by atoms with van der Waals surface area (Å²) in [6.45, 7) is 0.561. The van der Waals surface area contributed by atoms with E-state index in [0.717, 1.165) is 39.1 Å². The van der Waals surface area contributed by atoms with E-state index >= 15 is 0 Å². The highest BCUT2D eigenvalue weighted by molar-refractivity contribution is 6.20. The van der Waals surface area contributed by atoms with Crippen LogP contribution >= 0.6 is 0 Å². The van der Waals surface area contributed by atoms with Crippen molar-refractivity contribution >= 4 is 32.8 Å². The molecule has 128 valence electrons. The average molecular weight is 342 g/mol. The lowest BCUT2D eigenvalue weighted by Crippen LogP contribution is -1.94. The van der Waals surface area contributed by atoms with Crippen LogP contribution < -0.4 is 9.47 Å². The molecule has 0 spiro atoms. The molecule has 2 heterocycles. The Balaban J connectivity index is 1.58. The van der Waals surface area contributed by atoms with E-state index < -0.39 is 0 Å². The molecule has 2 aromatic heterocycles. The molecule has 0 bridgehead atoms. The third-order valence-corrected chi connectivity index (χ3v) is 4.77. The molecule has 0 unspecified atom stereocenters. The Morgan fingerprint density at radius 1 is 0.769 bits per heavy atom. The molecule has 0 fully saturated rings. The van der Waals surface area contributed by atoms with Gasteiger partial charge in [0, 0.05) is 27.7 Å². The van der Waals surface area contributed by atoms with Crippen LogP contribution in [0.15, 0.2) is 66.7 Å². The Morgan fingerprint density at radius 3 is 2.42 bits per heavy atom. The summed E-state index contributed by atoms with van der Waals surface area (Å²) in [7, 11) is 1.68. The highest BCUT2D eigenvalue weighted by Crippen LogP contribution is 2.35. The third-order valence-electron chi connectivity index (χ3n) is 4.77. The van der Waals surface area contributed by atoms with E-state index in [-0.39, 0.29) is 0 Å². The molecule has 4 nitrogen and oxygen atoms in total. The van der Waals surface area contributed by atoms with Crippen LogP contribution in [0.2, 0.25) is 0 Å². The van der Waals surface area contributed by atoms with E-state index in [1.165, 1.54) is 10.8 Å². The number of aromatic nitrogens is 2. The van der Waals surface area contributed by atoms with Gasteiger partial charge in [-0.3, -0.25) is 0 Å². The average Bonchev–Trinajstić information content (AvgIpc) is 3.21. The van der Waals surface area contributed by atoms with Crippen molar-refractivity contribution in [2.75, 3.05) is 7.11 Å². The molecule has 0 aliphatic heterocycles. The molecule has 4 heteroatoms. The zero-order valence-corrected chi connectivity index (χ0v) is 14.4. The zero-order valence-electron chi connectivity index (χ0n) is 14.4. The van der Waals surface area contributed by atoms with E-state index in [1.54, 1.807) is 7.11 Å². The van der Waals surface area contributed by atoms with Crippen LogP contribution in [0.1, 0.15) is 5.56 Å². The monoisotopic (exact) mass is 342 g/mol. The van der Waals surface area contributed by atoms with Gasteiger partial charge in [0.25, 0.3) is 0 Å². The highest BCUT2D eigenvalue weighted by atomic mass is 16.5. The third kappa shape index (κ3) is 2.39. The van der Waals surface area contributed by atoms with Gasteiger partial charge >= 0.3 is 0 Å². The Labute approximate surface area is 150 Å². The molecule has 0 atom stereocenters. The van der Waals surface area contributed by atoms with Crippen molar-refractivity contribution in [3.05, 3.63) is 72.3 Å². The minimum Gasteiger partial charge on any atom is -0.497 e. The lowest BCUT2D eigenvalue weighted by molar-refractivity contribution is 0.306. The van der Waals surface area contributed by atoms with Crippen molar-refractivity contribution in [3.63, 3.8) is 0 Å². The molecular formula is C22H18N2O2. The summed E-state index contributed by atoms with van der Waals surface area (Å²) in [5, 5.41) is 3.51. The molecule has 5 aromatic rings. The van der Waals surface area contributed by atoms with Crippen LogP contribution in [0.4, 0.5) is 0 Å². The second kappa shape index (κ2) is 5.85. The van der Waals surface area contributed by atoms with E-state index in [1.807, 2.05) is 36.4 Å². The summed E-state index contributed by atoms with van der Waals surface area (Å²) in [4.78, 5) is 6.90. The smallest absolute Gasteiger partial charge is 0.120 e. The first-order chi connectivity index (χ1) is 12.8. The number of hydrogen-bond donors (Lipinski definition) is 2. The number of benzene rings is 3. The van der Waals surface area contributed by atoms with Gasteiger partial charge in [-0.25, -0.2) is 0 Å². The Hall–Kier alpha value is -3.40. The second-order valence-electron chi connectivity index (χ2n) is 6.39. The number of H-pyrrole nitrogens is 2. The minimum absolute atomic E-state index is 0.561. The van der Waals surface area contributed by atoms with E-state index in [2.05, 4.69) is 40.3 Å². The molecule has 0 saturated heterocycles. The molecule has 0 aliphatic rings. The lowest BCUT2D eigenvalue weighted by Gasteiger charge is -2.06. The topological polar surface area (TPSA) is 50.0 Å². The van der Waals surface area contributed by atoms with Gasteiger partial charge in [-0.15, -0.1) is 0 Å². The number of fused-ring (bicyclic) bond motifs is 5. The van der Waals surface area contributed by atoms with Gasteiger partial charge in [0.05, 0.1) is 12.6 Å². The van der Waals surface area contributed by atoms with Crippen LogP contribution in [-0.4, -0.2) is 17.1 Å². The van der Waals surface area contributed by atoms with Gasteiger partial charge in [-0.1, -0.05) is 30.3 Å². The maximum Gasteiger partial charge on any atom is 0.120 e. The van der Waals surface area contributed by atoms with Gasteiger partial charge in [0.15, 0.2) is 0 Å². The molecule has 0 saturated carbocycles. The van der Waals surface area contributed by atoms with Gasteiger partial charge in [-0.05, 0) is 35.9 Å². The van der Waals surface area contributed by atoms with Crippen LogP contribution in [0.3, 0.4) is 0 Å². The van der Waals surface area contributed by atoms with E-state index in [0.29, 0.717) is 6.61 Å². The van der Waals surface area contributed by atoms with Gasteiger partial charge in [0.1, 0.15) is 23.8 Å². The predicted molar refractivity (Wildman–Crippen MR) is 105 cm³/mol. The summed E-state index contributed by atoms with van der Waals surface area (Å²) in [5.41, 5.74) is 4.33. The van der Waals surface area contributed by atoms with Gasteiger partial charge < -0.3 is 19.4 Å². The molecule has 0 radical (unpaired) electrons. The summed E-state index contributed by atoms with van der Waals surface area (Å²) in [6.07, 6.45) is 0. The summed E-state index contributed by atoms with van der Waals surface area (Å²) in [6, 6.07) is 22.5. The zero-order chi connectivity index (χ0) is 17.5. The summed E-state index contributed by atoms with van der Waals surface area (Å²) >= 11 is 0. The van der Waals surface area contributed by atoms with E-state index in [9.17, 15) is 0 Å². The van der Waals surface area contributed by atoms with Crippen molar-refractivity contribution in [2.45, 2.75) is 6.61 Å². The first-order valence-corrected chi connectivity index (χ1v) is 8.60. The van der Waals surface area contributed by atoms with Crippen LogP contribution in [0, 0.1) is 0 Å². The number of hydrogen-bond acceptors (Lipinski definition) is 2. The van der Waals surface area contributed by atoms with Gasteiger partial charge in [0.2, 0.25) is 0 Å². The molecule has 3 aromatic carbocycles. The van der Waals surface area contributed by atoms with Crippen molar-refractivity contribution < 1.29 is 9.47 Å². The first kappa shape index (κ1) is 14.9. The molecule has 26 heavy (non-hydrogen) atoms. The maximum absolute atomic E-state index is 6.00. The van der Waals surface area contributed by atoms with Crippen molar-refractivity contribution in [1.29, 1.82) is 0 Å². The van der Waals surface area contributed by atoms with Crippen LogP contribution in [-0.2, 0) is 6.61 Å². The summed E-state index contributed by atoms with van der Waals surface area (Å²) in [5.74, 6) is 1.71. The number of nitrogens with one attached hydrogen (secondary N) is 2. The minimum atomic E-state index is 0.561. The van der Waals surface area contributed by atoms with Crippen LogP contribution in [0.5, 0.6) is 11.5 Å². The molecule has 0 amide bonds. The highest BCUT2D eigenvalue weighted by Gasteiger charge is 2.12. The van der Waals surface area contributed by atoms with Crippen molar-refractivity contribution in [2.24, 2.45) is 0 Å². The molecule has 5 rings (SSSR count). The standard InChI is InChI=1S/C22H18N2O2/c1-25-15-7-9-17-20(12-15)24-22-21(17)18-11-16(8-10-19(18)23-22)26-13-14-5-3-2-4-6-14/h2-12,23-24H,13H2,1H3. The largest absolute Gasteiger partial charge is 0.497 e. The summed E-state index contributed by atoms with van der Waals surface area (Å²) < 4.78 is 11.3. The second-order valence-corrected chi connectivity index (χ2v) is 6.39. The number of rotatable bonds is 4. The number of aromatic amines is 2. The van der Waals surface area contributed by atoms with Crippen molar-refractivity contribution in [1.82, 2.24) is 9.97 Å².